The van der Waals surface area contributed by atoms with Gasteiger partial charge in [-0.2, -0.15) is 119 Å². The Hall–Kier alpha value is -5.36. The highest BCUT2D eigenvalue weighted by Gasteiger charge is 2.40. The highest BCUT2D eigenvalue weighted by atomic mass is 79.9. The molecule has 8 rings (SSSR count). The van der Waals surface area contributed by atoms with Gasteiger partial charge in [-0.25, -0.2) is 13.2 Å². The first-order valence-electron chi connectivity index (χ1n) is 29.0. The van der Waals surface area contributed by atoms with Crippen LogP contribution in [0.1, 0.15) is 122 Å². The summed E-state index contributed by atoms with van der Waals surface area (Å²) in [5.41, 5.74) is -3.06. The molecule has 107 heavy (non-hydrogen) atoms. The Bertz CT molecular complexity index is 3520. The molecule has 0 nitrogen and oxygen atoms in total. The van der Waals surface area contributed by atoms with Crippen molar-refractivity contribution in [2.45, 2.75) is 146 Å². The Morgan fingerprint density at radius 1 is 0.215 bits per heavy atom. The summed E-state index contributed by atoms with van der Waals surface area (Å²) >= 11 is 26.0. The van der Waals surface area contributed by atoms with E-state index in [1.807, 2.05) is 0 Å². The lowest BCUT2D eigenvalue weighted by molar-refractivity contribution is -0.142. The van der Waals surface area contributed by atoms with Crippen molar-refractivity contribution < 1.29 is 132 Å². The monoisotopic (exact) mass is 1930 g/mol. The van der Waals surface area contributed by atoms with Crippen molar-refractivity contribution in [1.29, 1.82) is 0 Å². The summed E-state index contributed by atoms with van der Waals surface area (Å²) in [5, 5.41) is 0.709. The van der Waals surface area contributed by atoms with Gasteiger partial charge in [0.25, 0.3) is 0 Å². The summed E-state index contributed by atoms with van der Waals surface area (Å²) in [5.74, 6) is -2.28. The lowest BCUT2D eigenvalue weighted by Gasteiger charge is -2.15. The molecule has 0 atom stereocenters. The maximum Gasteiger partial charge on any atom is 0.417 e. The van der Waals surface area contributed by atoms with E-state index in [0.717, 1.165) is 89.8 Å². The van der Waals surface area contributed by atoms with Crippen molar-refractivity contribution in [3.8, 4) is 0 Å². The third kappa shape index (κ3) is 31.4. The van der Waals surface area contributed by atoms with Crippen LogP contribution in [0.5, 0.6) is 0 Å². The number of hydrogen-bond donors (Lipinski definition) is 0. The zero-order valence-electron chi connectivity index (χ0n) is 56.7. The summed E-state index contributed by atoms with van der Waals surface area (Å²) < 4.78 is 370. The average molecular weight is 1940 g/mol. The van der Waals surface area contributed by atoms with Gasteiger partial charge in [0.1, 0.15) is 17.5 Å². The molecule has 37 heteroatoms. The molecule has 0 fully saturated rings. The molecule has 0 bridgehead atoms. The predicted octanol–water partition coefficient (Wildman–Crippen LogP) is 32.2. The molecule has 0 aliphatic rings. The largest absolute Gasteiger partial charge is 0.417 e. The molecule has 0 aromatic heterocycles. The van der Waals surface area contributed by atoms with Gasteiger partial charge in [-0.3, -0.25) is 0 Å². The van der Waals surface area contributed by atoms with E-state index >= 15 is 0 Å². The van der Waals surface area contributed by atoms with Gasteiger partial charge in [0.15, 0.2) is 0 Å². The number of rotatable bonds is 0. The fourth-order valence-electron chi connectivity index (χ4n) is 8.34. The molecule has 0 heterocycles. The second-order valence-electron chi connectivity index (χ2n) is 22.9. The van der Waals surface area contributed by atoms with Gasteiger partial charge >= 0.3 is 55.6 Å². The third-order valence-corrected chi connectivity index (χ3v) is 19.8. The fraction of sp³-hybridized carbons (Fsp3) is 0.314. The van der Waals surface area contributed by atoms with E-state index < -0.39 is 133 Å². The third-order valence-electron chi connectivity index (χ3n) is 14.1. The van der Waals surface area contributed by atoms with Gasteiger partial charge in [0, 0.05) is 22.9 Å². The molecule has 0 amide bonds. The van der Waals surface area contributed by atoms with Crippen molar-refractivity contribution in [1.82, 2.24) is 0 Å². The van der Waals surface area contributed by atoms with Crippen LogP contribution in [0.2, 0.25) is 10.0 Å². The smallest absolute Gasteiger partial charge is 0.207 e. The Balaban J connectivity index is 0.000000612. The van der Waals surface area contributed by atoms with Crippen LogP contribution in [0.15, 0.2) is 119 Å². The van der Waals surface area contributed by atoms with Crippen molar-refractivity contribution in [2.75, 3.05) is 0 Å². The Kier molecular flexibility index (Phi) is 36.1. The predicted molar refractivity (Wildman–Crippen MR) is 367 cm³/mol. The van der Waals surface area contributed by atoms with Crippen LogP contribution >= 0.6 is 103 Å². The molecule has 0 aliphatic carbocycles. The quantitative estimate of drug-likeness (QED) is 0.133. The average Bonchev–Trinajstić information content (AvgIpc) is 0.800. The molecule has 594 valence electrons. The van der Waals surface area contributed by atoms with Gasteiger partial charge < -0.3 is 0 Å². The van der Waals surface area contributed by atoms with Gasteiger partial charge in [0.05, 0.1) is 59.6 Å². The minimum atomic E-state index is -4.67. The highest BCUT2D eigenvalue weighted by Crippen LogP contribution is 2.43. The van der Waals surface area contributed by atoms with Gasteiger partial charge in [0.2, 0.25) is 0 Å². The number of hydrogen-bond acceptors (Lipinski definition) is 0. The lowest BCUT2D eigenvalue weighted by atomic mass is 10.0. The van der Waals surface area contributed by atoms with Gasteiger partial charge in [-0.1, -0.05) is 71.0 Å². The van der Waals surface area contributed by atoms with Crippen molar-refractivity contribution in [3.05, 3.63) is 269 Å². The van der Waals surface area contributed by atoms with Gasteiger partial charge in [-0.15, -0.1) is 0 Å². The van der Waals surface area contributed by atoms with Crippen molar-refractivity contribution in [2.24, 2.45) is 0 Å². The number of benzene rings is 8. The van der Waals surface area contributed by atoms with E-state index in [-0.39, 0.29) is 31.2 Å². The normalized spacial score (nSPS) is 12.0. The number of alkyl halides is 27. The first kappa shape index (κ1) is 99.6. The van der Waals surface area contributed by atoms with Crippen LogP contribution in [0.4, 0.5) is 132 Å². The molecule has 0 aliphatic heterocycles. The molecular formula is C70H55Br5Cl2F30. The van der Waals surface area contributed by atoms with Crippen LogP contribution < -0.4 is 0 Å². The number of halogens is 37. The Morgan fingerprint density at radius 2 is 0.439 bits per heavy atom. The summed E-state index contributed by atoms with van der Waals surface area (Å²) in [6, 6.07) is 14.0. The van der Waals surface area contributed by atoms with Crippen LogP contribution in [-0.2, 0) is 55.6 Å². The molecular weight excluding hydrogens is 1880 g/mol. The summed E-state index contributed by atoms with van der Waals surface area (Å²) in [6.07, 6.45) is -39.8. The molecule has 8 aromatic carbocycles. The maximum absolute atomic E-state index is 12.9. The van der Waals surface area contributed by atoms with Crippen LogP contribution in [0.3, 0.4) is 0 Å². The minimum Gasteiger partial charge on any atom is -0.207 e. The maximum atomic E-state index is 12.9. The topological polar surface area (TPSA) is 0 Å². The zero-order valence-corrected chi connectivity index (χ0v) is 66.2. The van der Waals surface area contributed by atoms with E-state index in [9.17, 15) is 132 Å². The molecule has 0 radical (unpaired) electrons. The second-order valence-corrected chi connectivity index (χ2v) is 27.8. The van der Waals surface area contributed by atoms with E-state index in [0.29, 0.717) is 77.7 Å². The zero-order chi connectivity index (χ0) is 84.3. The fourth-order valence-corrected chi connectivity index (χ4v) is 10.9. The Labute approximate surface area is 645 Å². The molecule has 0 saturated carbocycles. The molecule has 0 unspecified atom stereocenters. The van der Waals surface area contributed by atoms with Gasteiger partial charge in [-0.05, 0) is 291 Å². The first-order valence-corrected chi connectivity index (χ1v) is 33.7. The lowest BCUT2D eigenvalue weighted by Crippen LogP contribution is -2.12. The van der Waals surface area contributed by atoms with Crippen LogP contribution in [0.25, 0.3) is 0 Å². The highest BCUT2D eigenvalue weighted by molar-refractivity contribution is 9.11. The molecule has 0 spiro atoms. The Morgan fingerprint density at radius 3 is 0.710 bits per heavy atom. The van der Waals surface area contributed by atoms with Crippen LogP contribution in [0, 0.1) is 107 Å². The van der Waals surface area contributed by atoms with Crippen LogP contribution in [-0.4, -0.2) is 0 Å². The summed E-state index contributed by atoms with van der Waals surface area (Å²) in [7, 11) is 0. The van der Waals surface area contributed by atoms with E-state index in [1.54, 1.807) is 41.5 Å². The van der Waals surface area contributed by atoms with E-state index in [4.69, 9.17) is 23.2 Å². The summed E-state index contributed by atoms with van der Waals surface area (Å²) in [4.78, 5) is 0. The van der Waals surface area contributed by atoms with E-state index in [2.05, 4.69) is 79.6 Å². The second kappa shape index (κ2) is 38.7. The summed E-state index contributed by atoms with van der Waals surface area (Å²) in [6.45, 7) is 19.3. The minimum absolute atomic E-state index is 0.0207. The number of aryl methyl sites for hydroxylation is 11. The molecule has 0 N–H and O–H groups in total. The van der Waals surface area contributed by atoms with Crippen molar-refractivity contribution >= 4 is 103 Å². The molecule has 0 saturated heterocycles. The van der Waals surface area contributed by atoms with E-state index in [1.165, 1.54) is 41.5 Å². The molecule has 8 aromatic rings. The first-order chi connectivity index (χ1) is 47.8. The SMILES string of the molecule is Cc1cc(C(F)(F)F)cc(Br)c1C.Cc1cc(C(F)(F)F)cc(Br)c1C(F)(F)F.Cc1cc(C(F)(F)F)cc(Br)c1Cl.Cc1cc(C(F)(F)F)cc(C)c1Br.Cc1cc(C(F)(F)F)cc(C)c1Cl.Cc1cc(C(F)(F)F)cc(C)c1F.Cc1cc(C(F)(F)F)cc(F)c1Br.Cc1cc(C(F)(F)F)cc(F)c1C. The standard InChI is InChI=1S/C9H5BrF6.2C9H8BrF3.C9H8ClF3.2C9H8F4.C8H5BrClF3.C8H5BrF4/c1-4-2-5(8(11,12)13)3-6(10)7(4)9(14,15)16;1-5-3-7(9(11,12)13)4-8(10)6(5)2;2*1-5-3-7(9(11,12)13)4-6(2)8(5)10;1-5-3-7(9(11,12)13)4-8(10)6(5)2;1-5-3-7(9(11,12)13)4-6(2)8(5)10;1-4-2-5(8(11,12)13)3-6(9)7(4)10;1-4-2-5(8(11,12)13)3-6(10)7(4)9/h2-3H,1H3;5*3-4H,1-2H3;2*2-3H,1H3. The van der Waals surface area contributed by atoms with Crippen molar-refractivity contribution in [3.63, 3.8) is 0 Å².